The fourth-order valence-corrected chi connectivity index (χ4v) is 2.99. The van der Waals surface area contributed by atoms with E-state index in [1.165, 1.54) is 11.3 Å². The normalized spacial score (nSPS) is 10.9. The lowest BCUT2D eigenvalue weighted by Gasteiger charge is -2.17. The number of halogens is 1. The Balaban J connectivity index is 1.93. The minimum Gasteiger partial charge on any atom is -0.349 e. The van der Waals surface area contributed by atoms with Crippen molar-refractivity contribution >= 4 is 28.8 Å². The molecule has 0 bridgehead atoms. The Labute approximate surface area is 140 Å². The predicted molar refractivity (Wildman–Crippen MR) is 92.7 cm³/mol. The molecule has 2 aromatic rings. The molecule has 4 nitrogen and oxygen atoms in total. The van der Waals surface area contributed by atoms with Gasteiger partial charge in [0.05, 0.1) is 0 Å². The lowest BCUT2D eigenvalue weighted by atomic mass is 10.2. The third kappa shape index (κ3) is 4.53. The second-order valence-corrected chi connectivity index (χ2v) is 6.12. The third-order valence-corrected chi connectivity index (χ3v) is 4.58. The number of nitrogens with zero attached hydrogens (tertiary/aromatic N) is 2. The molecule has 2 rings (SSSR count). The van der Waals surface area contributed by atoms with Crippen molar-refractivity contribution in [2.24, 2.45) is 0 Å². The molecular formula is C16H20ClN3OS. The van der Waals surface area contributed by atoms with Gasteiger partial charge in [0.25, 0.3) is 5.91 Å². The fourth-order valence-electron chi connectivity index (χ4n) is 2.06. The van der Waals surface area contributed by atoms with E-state index in [1.54, 1.807) is 5.38 Å². The van der Waals surface area contributed by atoms with Crippen molar-refractivity contribution in [1.82, 2.24) is 15.2 Å². The smallest absolute Gasteiger partial charge is 0.270 e. The molecule has 22 heavy (non-hydrogen) atoms. The molecule has 6 heteroatoms. The Kier molecular flexibility index (Phi) is 6.36. The Hall–Kier alpha value is -1.43. The molecule has 1 aromatic carbocycles. The van der Waals surface area contributed by atoms with Gasteiger partial charge in [-0.05, 0) is 25.2 Å². The molecule has 1 heterocycles. The zero-order chi connectivity index (χ0) is 15.9. The maximum atomic E-state index is 12.1. The fraction of sp³-hybridized carbons (Fsp3) is 0.375. The average molecular weight is 338 g/mol. The molecule has 118 valence electrons. The van der Waals surface area contributed by atoms with Crippen LogP contribution in [0.15, 0.2) is 29.6 Å². The Morgan fingerprint density at radius 2 is 1.95 bits per heavy atom. The van der Waals surface area contributed by atoms with Crippen molar-refractivity contribution in [2.45, 2.75) is 13.8 Å². The first-order valence-electron chi connectivity index (χ1n) is 7.36. The Morgan fingerprint density at radius 3 is 2.59 bits per heavy atom. The van der Waals surface area contributed by atoms with Crippen LogP contribution >= 0.6 is 22.9 Å². The van der Waals surface area contributed by atoms with E-state index in [1.807, 2.05) is 24.3 Å². The number of carbonyl (C=O) groups is 1. The van der Waals surface area contributed by atoms with E-state index in [-0.39, 0.29) is 5.91 Å². The second-order valence-electron chi connectivity index (χ2n) is 4.83. The van der Waals surface area contributed by atoms with E-state index in [2.05, 4.69) is 29.0 Å². The van der Waals surface area contributed by atoms with E-state index in [4.69, 9.17) is 11.6 Å². The van der Waals surface area contributed by atoms with E-state index in [9.17, 15) is 4.79 Å². The quantitative estimate of drug-likeness (QED) is 0.840. The Bertz CT molecular complexity index is 608. The molecule has 0 radical (unpaired) electrons. The van der Waals surface area contributed by atoms with Gasteiger partial charge in [-0.15, -0.1) is 11.3 Å². The highest BCUT2D eigenvalue weighted by Crippen LogP contribution is 2.24. The van der Waals surface area contributed by atoms with Crippen LogP contribution in [0.3, 0.4) is 0 Å². The molecule has 0 fully saturated rings. The first-order chi connectivity index (χ1) is 10.6. The number of rotatable bonds is 7. The van der Waals surface area contributed by atoms with Gasteiger partial charge >= 0.3 is 0 Å². The highest BCUT2D eigenvalue weighted by molar-refractivity contribution is 7.13. The van der Waals surface area contributed by atoms with Crippen LogP contribution in [0, 0.1) is 0 Å². The summed E-state index contributed by atoms with van der Waals surface area (Å²) in [6.07, 6.45) is 0. The third-order valence-electron chi connectivity index (χ3n) is 3.44. The molecule has 0 aliphatic heterocycles. The minimum atomic E-state index is -0.122. The first kappa shape index (κ1) is 16.9. The minimum absolute atomic E-state index is 0.122. The molecule has 1 amide bonds. The van der Waals surface area contributed by atoms with E-state index >= 15 is 0 Å². The van der Waals surface area contributed by atoms with E-state index in [0.29, 0.717) is 17.3 Å². The highest BCUT2D eigenvalue weighted by Gasteiger charge is 2.11. The van der Waals surface area contributed by atoms with Crippen molar-refractivity contribution in [3.8, 4) is 10.6 Å². The van der Waals surface area contributed by atoms with Gasteiger partial charge in [-0.1, -0.05) is 37.6 Å². The van der Waals surface area contributed by atoms with Crippen molar-refractivity contribution in [3.63, 3.8) is 0 Å². The second kappa shape index (κ2) is 8.27. The number of thiazole rings is 1. The van der Waals surface area contributed by atoms with E-state index in [0.717, 1.165) is 30.2 Å². The summed E-state index contributed by atoms with van der Waals surface area (Å²) in [6, 6.07) is 7.46. The van der Waals surface area contributed by atoms with Gasteiger partial charge in [-0.2, -0.15) is 0 Å². The van der Waals surface area contributed by atoms with Gasteiger partial charge in [-0.25, -0.2) is 4.98 Å². The average Bonchev–Trinajstić information content (AvgIpc) is 3.02. The number of benzene rings is 1. The summed E-state index contributed by atoms with van der Waals surface area (Å²) in [5.74, 6) is -0.122. The summed E-state index contributed by atoms with van der Waals surface area (Å²) in [4.78, 5) is 18.8. The van der Waals surface area contributed by atoms with Crippen LogP contribution in [-0.2, 0) is 0 Å². The molecule has 0 spiro atoms. The molecule has 0 aliphatic rings. The van der Waals surface area contributed by atoms with Gasteiger partial charge in [-0.3, -0.25) is 4.79 Å². The first-order valence-corrected chi connectivity index (χ1v) is 8.61. The zero-order valence-corrected chi connectivity index (χ0v) is 14.4. The number of likely N-dealkylation sites (N-methyl/N-ethyl adjacent to an activating group) is 1. The van der Waals surface area contributed by atoms with Crippen LogP contribution in [0.25, 0.3) is 10.6 Å². The maximum Gasteiger partial charge on any atom is 0.270 e. The van der Waals surface area contributed by atoms with Crippen molar-refractivity contribution in [3.05, 3.63) is 40.4 Å². The highest BCUT2D eigenvalue weighted by atomic mass is 35.5. The number of hydrogen-bond acceptors (Lipinski definition) is 4. The van der Waals surface area contributed by atoms with Crippen LogP contribution in [0.1, 0.15) is 24.3 Å². The van der Waals surface area contributed by atoms with Gasteiger partial charge < -0.3 is 10.2 Å². The number of carbonyl (C=O) groups excluding carboxylic acids is 1. The summed E-state index contributed by atoms with van der Waals surface area (Å²) in [5.41, 5.74) is 1.44. The van der Waals surface area contributed by atoms with Crippen LogP contribution < -0.4 is 5.32 Å². The van der Waals surface area contributed by atoms with Crippen LogP contribution in [-0.4, -0.2) is 42.0 Å². The van der Waals surface area contributed by atoms with Crippen LogP contribution in [0.5, 0.6) is 0 Å². The number of hydrogen-bond donors (Lipinski definition) is 1. The number of aromatic nitrogens is 1. The lowest BCUT2D eigenvalue weighted by Crippen LogP contribution is -2.34. The summed E-state index contributed by atoms with van der Waals surface area (Å²) in [5, 5.41) is 6.22. The topological polar surface area (TPSA) is 45.2 Å². The lowest BCUT2D eigenvalue weighted by molar-refractivity contribution is 0.0944. The summed E-state index contributed by atoms with van der Waals surface area (Å²) >= 11 is 7.34. The van der Waals surface area contributed by atoms with E-state index < -0.39 is 0 Å². The van der Waals surface area contributed by atoms with Crippen LogP contribution in [0.4, 0.5) is 0 Å². The number of nitrogens with one attached hydrogen (secondary N) is 1. The summed E-state index contributed by atoms with van der Waals surface area (Å²) in [6.45, 7) is 7.70. The largest absolute Gasteiger partial charge is 0.349 e. The standard InChI is InChI=1S/C16H20ClN3OS/c1-3-20(4-2)10-9-18-15(21)14-11-22-16(19-14)12-5-7-13(17)8-6-12/h5-8,11H,3-4,9-10H2,1-2H3,(H,18,21). The van der Waals surface area contributed by atoms with Gasteiger partial charge in [0.2, 0.25) is 0 Å². The van der Waals surface area contributed by atoms with Gasteiger partial charge in [0.15, 0.2) is 0 Å². The molecule has 1 N–H and O–H groups in total. The van der Waals surface area contributed by atoms with Crippen molar-refractivity contribution in [1.29, 1.82) is 0 Å². The van der Waals surface area contributed by atoms with Crippen molar-refractivity contribution < 1.29 is 4.79 Å². The molecule has 0 unspecified atom stereocenters. The monoisotopic (exact) mass is 337 g/mol. The van der Waals surface area contributed by atoms with Crippen LogP contribution in [0.2, 0.25) is 5.02 Å². The molecule has 1 aromatic heterocycles. The molecule has 0 atom stereocenters. The van der Waals surface area contributed by atoms with Gasteiger partial charge in [0.1, 0.15) is 10.7 Å². The molecular weight excluding hydrogens is 318 g/mol. The maximum absolute atomic E-state index is 12.1. The summed E-state index contributed by atoms with van der Waals surface area (Å²) < 4.78 is 0. The predicted octanol–water partition coefficient (Wildman–Crippen LogP) is 3.54. The Morgan fingerprint density at radius 1 is 1.27 bits per heavy atom. The number of amides is 1. The molecule has 0 aliphatic carbocycles. The molecule has 0 saturated heterocycles. The SMILES string of the molecule is CCN(CC)CCNC(=O)c1csc(-c2ccc(Cl)cc2)n1. The summed E-state index contributed by atoms with van der Waals surface area (Å²) in [7, 11) is 0. The molecule has 0 saturated carbocycles. The zero-order valence-electron chi connectivity index (χ0n) is 12.8. The van der Waals surface area contributed by atoms with Gasteiger partial charge in [0, 0.05) is 29.1 Å². The van der Waals surface area contributed by atoms with Crippen molar-refractivity contribution in [2.75, 3.05) is 26.2 Å².